The minimum Gasteiger partial charge on any atom is -0.468 e. The summed E-state index contributed by atoms with van der Waals surface area (Å²) >= 11 is 0. The third kappa shape index (κ3) is 1.91. The van der Waals surface area contributed by atoms with Crippen LogP contribution >= 0.6 is 0 Å². The van der Waals surface area contributed by atoms with Crippen molar-refractivity contribution < 1.29 is 14.3 Å². The van der Waals surface area contributed by atoms with Crippen molar-refractivity contribution in [2.75, 3.05) is 7.11 Å². The van der Waals surface area contributed by atoms with Crippen LogP contribution in [0.25, 0.3) is 0 Å². The minimum atomic E-state index is -0.957. The van der Waals surface area contributed by atoms with E-state index in [1.807, 2.05) is 13.8 Å². The molecule has 0 aliphatic heterocycles. The molecule has 0 aromatic carbocycles. The highest BCUT2D eigenvalue weighted by Crippen LogP contribution is 2.46. The van der Waals surface area contributed by atoms with E-state index < -0.39 is 11.4 Å². The molecule has 1 saturated carbocycles. The molecule has 3 nitrogen and oxygen atoms in total. The molecule has 0 saturated heterocycles. The molecule has 2 atom stereocenters. The topological polar surface area (TPSA) is 43.4 Å². The molecule has 90 valence electrons. The Labute approximate surface area is 96.9 Å². The zero-order chi connectivity index (χ0) is 12.3. The van der Waals surface area contributed by atoms with E-state index in [1.165, 1.54) is 7.11 Å². The number of methoxy groups -OCH3 is 1. The van der Waals surface area contributed by atoms with Crippen molar-refractivity contribution in [2.45, 2.75) is 39.5 Å². The summed E-state index contributed by atoms with van der Waals surface area (Å²) in [5.41, 5.74) is -0.0190. The van der Waals surface area contributed by atoms with Crippen LogP contribution in [0.4, 0.5) is 0 Å². The highest BCUT2D eigenvalue weighted by atomic mass is 16.5. The predicted molar refractivity (Wildman–Crippen MR) is 61.9 cm³/mol. The lowest BCUT2D eigenvalue weighted by Gasteiger charge is -2.29. The summed E-state index contributed by atoms with van der Waals surface area (Å²) in [5.74, 6) is -0.325. The van der Waals surface area contributed by atoms with Gasteiger partial charge in [0.1, 0.15) is 5.41 Å². The SMILES string of the molecule is C=C(CC)C[C@]1(C(=O)OC)C(=O)CC[C@H]1C. The minimum absolute atomic E-state index is 0.0152. The van der Waals surface area contributed by atoms with Gasteiger partial charge in [0, 0.05) is 6.42 Å². The molecule has 1 rings (SSSR count). The number of hydrogen-bond acceptors (Lipinski definition) is 3. The van der Waals surface area contributed by atoms with Crippen molar-refractivity contribution in [1.82, 2.24) is 0 Å². The number of hydrogen-bond donors (Lipinski definition) is 0. The van der Waals surface area contributed by atoms with E-state index in [1.54, 1.807) is 0 Å². The maximum absolute atomic E-state index is 12.0. The summed E-state index contributed by atoms with van der Waals surface area (Å²) < 4.78 is 4.82. The van der Waals surface area contributed by atoms with E-state index in [4.69, 9.17) is 4.74 Å². The standard InChI is InChI=1S/C13H20O3/c1-5-9(2)8-13(12(15)16-4)10(3)6-7-11(13)14/h10H,2,5-8H2,1,3-4H3/t10-,13-/m1/s1. The van der Waals surface area contributed by atoms with Gasteiger partial charge in [0.2, 0.25) is 0 Å². The van der Waals surface area contributed by atoms with Gasteiger partial charge in [-0.2, -0.15) is 0 Å². The maximum atomic E-state index is 12.0. The summed E-state index contributed by atoms with van der Waals surface area (Å²) in [6.07, 6.45) is 2.48. The highest BCUT2D eigenvalue weighted by molar-refractivity contribution is 6.05. The number of ether oxygens (including phenoxy) is 1. The first-order valence-corrected chi connectivity index (χ1v) is 5.77. The first-order valence-electron chi connectivity index (χ1n) is 5.77. The van der Waals surface area contributed by atoms with Gasteiger partial charge in [-0.1, -0.05) is 26.0 Å². The van der Waals surface area contributed by atoms with Gasteiger partial charge in [-0.3, -0.25) is 9.59 Å². The zero-order valence-corrected chi connectivity index (χ0v) is 10.3. The Morgan fingerprint density at radius 3 is 2.62 bits per heavy atom. The van der Waals surface area contributed by atoms with Crippen LogP contribution in [0.15, 0.2) is 12.2 Å². The van der Waals surface area contributed by atoms with Crippen LogP contribution in [-0.4, -0.2) is 18.9 Å². The molecule has 0 heterocycles. The second-order valence-corrected chi connectivity index (χ2v) is 4.61. The second kappa shape index (κ2) is 4.81. The van der Waals surface area contributed by atoms with Crippen LogP contribution in [0.5, 0.6) is 0 Å². The van der Waals surface area contributed by atoms with Crippen molar-refractivity contribution in [3.63, 3.8) is 0 Å². The summed E-state index contributed by atoms with van der Waals surface area (Å²) in [7, 11) is 1.34. The average Bonchev–Trinajstić information content (AvgIpc) is 2.56. The Morgan fingerprint density at radius 1 is 1.62 bits per heavy atom. The van der Waals surface area contributed by atoms with Gasteiger partial charge in [-0.25, -0.2) is 0 Å². The van der Waals surface area contributed by atoms with E-state index in [2.05, 4.69) is 6.58 Å². The number of esters is 1. The number of ketones is 1. The fourth-order valence-electron chi connectivity index (χ4n) is 2.45. The number of rotatable bonds is 4. The lowest BCUT2D eigenvalue weighted by atomic mass is 9.73. The van der Waals surface area contributed by atoms with Crippen molar-refractivity contribution in [1.29, 1.82) is 0 Å². The maximum Gasteiger partial charge on any atom is 0.319 e. The van der Waals surface area contributed by atoms with Crippen LogP contribution in [-0.2, 0) is 14.3 Å². The zero-order valence-electron chi connectivity index (χ0n) is 10.3. The Hall–Kier alpha value is -1.12. The van der Waals surface area contributed by atoms with Gasteiger partial charge in [0.25, 0.3) is 0 Å². The Bertz CT molecular complexity index is 319. The molecule has 0 bridgehead atoms. The van der Waals surface area contributed by atoms with E-state index in [0.29, 0.717) is 12.8 Å². The molecule has 1 fully saturated rings. The van der Waals surface area contributed by atoms with Crippen LogP contribution in [0.1, 0.15) is 39.5 Å². The third-order valence-corrected chi connectivity index (χ3v) is 3.72. The number of carbonyl (C=O) groups is 2. The molecule has 0 amide bonds. The van der Waals surface area contributed by atoms with E-state index in [-0.39, 0.29) is 11.7 Å². The van der Waals surface area contributed by atoms with Crippen LogP contribution in [0.2, 0.25) is 0 Å². The fourth-order valence-corrected chi connectivity index (χ4v) is 2.45. The van der Waals surface area contributed by atoms with Crippen molar-refractivity contribution in [3.05, 3.63) is 12.2 Å². The third-order valence-electron chi connectivity index (χ3n) is 3.72. The number of allylic oxidation sites excluding steroid dienone is 1. The van der Waals surface area contributed by atoms with E-state index in [0.717, 1.165) is 18.4 Å². The molecule has 0 radical (unpaired) electrons. The summed E-state index contributed by atoms with van der Waals surface area (Å²) in [5, 5.41) is 0. The smallest absolute Gasteiger partial charge is 0.319 e. The van der Waals surface area contributed by atoms with Gasteiger partial charge in [-0.15, -0.1) is 0 Å². The largest absolute Gasteiger partial charge is 0.468 e. The van der Waals surface area contributed by atoms with Gasteiger partial charge in [0.05, 0.1) is 7.11 Å². The highest BCUT2D eigenvalue weighted by Gasteiger charge is 2.54. The predicted octanol–water partition coefficient (Wildman–Crippen LogP) is 2.50. The molecule has 3 heteroatoms. The molecular formula is C13H20O3. The molecule has 0 unspecified atom stereocenters. The van der Waals surface area contributed by atoms with Gasteiger partial charge in [0.15, 0.2) is 5.78 Å². The van der Waals surface area contributed by atoms with Crippen molar-refractivity contribution >= 4 is 11.8 Å². The van der Waals surface area contributed by atoms with Crippen LogP contribution in [0.3, 0.4) is 0 Å². The molecule has 16 heavy (non-hydrogen) atoms. The second-order valence-electron chi connectivity index (χ2n) is 4.61. The average molecular weight is 224 g/mol. The quantitative estimate of drug-likeness (QED) is 0.418. The monoisotopic (exact) mass is 224 g/mol. The summed E-state index contributed by atoms with van der Waals surface area (Å²) in [6.45, 7) is 7.84. The molecule has 1 aliphatic carbocycles. The molecule has 0 spiro atoms. The lowest BCUT2D eigenvalue weighted by Crippen LogP contribution is -2.41. The Kier molecular flexibility index (Phi) is 3.89. The Morgan fingerprint density at radius 2 is 2.25 bits per heavy atom. The molecule has 0 aromatic heterocycles. The fraction of sp³-hybridized carbons (Fsp3) is 0.692. The normalized spacial score (nSPS) is 29.2. The van der Waals surface area contributed by atoms with E-state index in [9.17, 15) is 9.59 Å². The molecule has 0 aromatic rings. The first kappa shape index (κ1) is 12.9. The van der Waals surface area contributed by atoms with E-state index >= 15 is 0 Å². The van der Waals surface area contributed by atoms with Crippen LogP contribution in [0, 0.1) is 11.3 Å². The molecular weight excluding hydrogens is 204 g/mol. The molecule has 1 aliphatic rings. The summed E-state index contributed by atoms with van der Waals surface area (Å²) in [6, 6.07) is 0. The van der Waals surface area contributed by atoms with Gasteiger partial charge in [-0.05, 0) is 25.2 Å². The number of carbonyl (C=O) groups excluding carboxylic acids is 2. The first-order chi connectivity index (χ1) is 7.48. The Balaban J connectivity index is 3.06. The summed E-state index contributed by atoms with van der Waals surface area (Å²) in [4.78, 5) is 23.9. The van der Waals surface area contributed by atoms with Crippen molar-refractivity contribution in [2.24, 2.45) is 11.3 Å². The van der Waals surface area contributed by atoms with Crippen LogP contribution < -0.4 is 0 Å². The van der Waals surface area contributed by atoms with Gasteiger partial charge >= 0.3 is 5.97 Å². The lowest BCUT2D eigenvalue weighted by molar-refractivity contribution is -0.158. The van der Waals surface area contributed by atoms with Gasteiger partial charge < -0.3 is 4.74 Å². The molecule has 0 N–H and O–H groups in total. The number of Topliss-reactive ketones (excluding diaryl/α,β-unsaturated/α-hetero) is 1. The van der Waals surface area contributed by atoms with Crippen molar-refractivity contribution in [3.8, 4) is 0 Å².